The van der Waals surface area contributed by atoms with Gasteiger partial charge in [-0.25, -0.2) is 0 Å². The monoisotopic (exact) mass is 368 g/mol. The third-order valence-electron chi connectivity index (χ3n) is 4.49. The molecule has 1 fully saturated rings. The molecule has 2 unspecified atom stereocenters. The number of hydrogen-bond acceptors (Lipinski definition) is 3. The summed E-state index contributed by atoms with van der Waals surface area (Å²) in [7, 11) is 0. The lowest BCUT2D eigenvalue weighted by molar-refractivity contribution is -0.145. The van der Waals surface area contributed by atoms with Crippen LogP contribution in [0.25, 0.3) is 0 Å². The van der Waals surface area contributed by atoms with Gasteiger partial charge < -0.3 is 10.4 Å². The Bertz CT molecular complexity index is 551. The molecule has 1 heterocycles. The Morgan fingerprint density at radius 1 is 1.24 bits per heavy atom. The van der Waals surface area contributed by atoms with Gasteiger partial charge in [0.05, 0.1) is 12.6 Å². The van der Waals surface area contributed by atoms with Crippen LogP contribution in [0.15, 0.2) is 30.3 Å². The van der Waals surface area contributed by atoms with Crippen LogP contribution in [0.1, 0.15) is 51.1 Å². The molecule has 2 N–H and O–H groups in total. The third kappa shape index (κ3) is 6.67. The van der Waals surface area contributed by atoms with E-state index in [-0.39, 0.29) is 30.9 Å². The van der Waals surface area contributed by atoms with Gasteiger partial charge in [-0.15, -0.1) is 12.4 Å². The minimum Gasteiger partial charge on any atom is -0.480 e. The van der Waals surface area contributed by atoms with Crippen molar-refractivity contribution >= 4 is 24.3 Å². The van der Waals surface area contributed by atoms with Gasteiger partial charge in [0, 0.05) is 0 Å². The van der Waals surface area contributed by atoms with Crippen LogP contribution in [0, 0.1) is 5.92 Å². The van der Waals surface area contributed by atoms with Crippen molar-refractivity contribution in [1.82, 2.24) is 10.2 Å². The predicted octanol–water partition coefficient (Wildman–Crippen LogP) is 3.25. The lowest BCUT2D eigenvalue weighted by Gasteiger charge is -2.32. The maximum atomic E-state index is 12.5. The van der Waals surface area contributed by atoms with E-state index < -0.39 is 12.0 Å². The van der Waals surface area contributed by atoms with Crippen LogP contribution in [0.3, 0.4) is 0 Å². The Morgan fingerprint density at radius 2 is 1.92 bits per heavy atom. The molecule has 0 aliphatic carbocycles. The number of nitrogens with one attached hydrogen (secondary N) is 1. The molecule has 1 aliphatic heterocycles. The summed E-state index contributed by atoms with van der Waals surface area (Å²) in [5.74, 6) is -0.473. The normalized spacial score (nSPS) is 19.1. The first-order valence-electron chi connectivity index (χ1n) is 8.78. The molecule has 0 radical (unpaired) electrons. The summed E-state index contributed by atoms with van der Waals surface area (Å²) in [5.41, 5.74) is 1.09. The number of halogens is 1. The van der Waals surface area contributed by atoms with Gasteiger partial charge >= 0.3 is 5.97 Å². The highest BCUT2D eigenvalue weighted by molar-refractivity contribution is 5.85. The Morgan fingerprint density at radius 3 is 2.52 bits per heavy atom. The lowest BCUT2D eigenvalue weighted by atomic mass is 9.97. The van der Waals surface area contributed by atoms with Crippen molar-refractivity contribution < 1.29 is 14.7 Å². The average Bonchev–Trinajstić information content (AvgIpc) is 2.55. The highest BCUT2D eigenvalue weighted by atomic mass is 35.5. The van der Waals surface area contributed by atoms with Crippen LogP contribution in [0.4, 0.5) is 0 Å². The maximum Gasteiger partial charge on any atom is 0.320 e. The molecule has 1 aliphatic rings. The van der Waals surface area contributed by atoms with E-state index in [9.17, 15) is 14.7 Å². The second kappa shape index (κ2) is 10.4. The number of carbonyl (C=O) groups excluding carboxylic acids is 1. The van der Waals surface area contributed by atoms with Crippen molar-refractivity contribution in [2.45, 2.75) is 51.6 Å². The number of aliphatic carboxylic acids is 1. The average molecular weight is 369 g/mol. The van der Waals surface area contributed by atoms with E-state index in [1.807, 2.05) is 30.3 Å². The first-order chi connectivity index (χ1) is 11.5. The first kappa shape index (κ1) is 21.5. The second-order valence-corrected chi connectivity index (χ2v) is 6.98. The Labute approximate surface area is 156 Å². The molecular formula is C19H29ClN2O3. The number of carbonyl (C=O) groups is 2. The number of carboxylic acid groups (broad SMARTS) is 1. The zero-order valence-electron chi connectivity index (χ0n) is 15.0. The molecule has 140 valence electrons. The third-order valence-corrected chi connectivity index (χ3v) is 4.49. The largest absolute Gasteiger partial charge is 0.480 e. The van der Waals surface area contributed by atoms with Crippen LogP contribution in [-0.4, -0.2) is 41.0 Å². The summed E-state index contributed by atoms with van der Waals surface area (Å²) in [5, 5.41) is 12.4. The molecule has 0 aromatic heterocycles. The number of likely N-dealkylation sites (tertiary alicyclic amines) is 1. The van der Waals surface area contributed by atoms with Crippen LogP contribution in [0.5, 0.6) is 0 Å². The molecule has 0 spiro atoms. The molecular weight excluding hydrogens is 340 g/mol. The fourth-order valence-electron chi connectivity index (χ4n) is 3.32. The first-order valence-corrected chi connectivity index (χ1v) is 8.78. The SMILES string of the molecule is CC(C)CC(NC(=O)CN1CCCCC1C(=O)O)c1ccccc1.Cl. The number of carboxylic acids is 1. The smallest absolute Gasteiger partial charge is 0.320 e. The van der Waals surface area contributed by atoms with Crippen LogP contribution < -0.4 is 5.32 Å². The summed E-state index contributed by atoms with van der Waals surface area (Å²) in [6.07, 6.45) is 3.34. The molecule has 1 amide bonds. The van der Waals surface area contributed by atoms with Gasteiger partial charge in [-0.2, -0.15) is 0 Å². The molecule has 2 atom stereocenters. The molecule has 25 heavy (non-hydrogen) atoms. The van der Waals surface area contributed by atoms with Gasteiger partial charge in [0.1, 0.15) is 6.04 Å². The van der Waals surface area contributed by atoms with Crippen LogP contribution in [-0.2, 0) is 9.59 Å². The summed E-state index contributed by atoms with van der Waals surface area (Å²) in [4.78, 5) is 25.7. The number of nitrogens with zero attached hydrogens (tertiary/aromatic N) is 1. The van der Waals surface area contributed by atoms with Crippen molar-refractivity contribution in [2.24, 2.45) is 5.92 Å². The minimum atomic E-state index is -0.829. The maximum absolute atomic E-state index is 12.5. The van der Waals surface area contributed by atoms with Crippen molar-refractivity contribution in [2.75, 3.05) is 13.1 Å². The lowest BCUT2D eigenvalue weighted by Crippen LogP contribution is -2.49. The van der Waals surface area contributed by atoms with Crippen LogP contribution in [0.2, 0.25) is 0 Å². The van der Waals surface area contributed by atoms with Crippen LogP contribution >= 0.6 is 12.4 Å². The topological polar surface area (TPSA) is 69.6 Å². The van der Waals surface area contributed by atoms with Gasteiger partial charge in [0.25, 0.3) is 0 Å². The van der Waals surface area contributed by atoms with E-state index >= 15 is 0 Å². The Kier molecular flexibility index (Phi) is 8.93. The summed E-state index contributed by atoms with van der Waals surface area (Å²) < 4.78 is 0. The molecule has 1 aromatic carbocycles. The predicted molar refractivity (Wildman–Crippen MR) is 101 cm³/mol. The van der Waals surface area contributed by atoms with E-state index in [0.717, 1.165) is 24.8 Å². The highest BCUT2D eigenvalue weighted by Gasteiger charge is 2.30. The number of rotatable bonds is 7. The van der Waals surface area contributed by atoms with Gasteiger partial charge in [-0.3, -0.25) is 14.5 Å². The van der Waals surface area contributed by atoms with Crippen molar-refractivity contribution in [3.05, 3.63) is 35.9 Å². The fraction of sp³-hybridized carbons (Fsp3) is 0.579. The Hall–Kier alpha value is -1.59. The van der Waals surface area contributed by atoms with Gasteiger partial charge in [0.15, 0.2) is 0 Å². The molecule has 1 saturated heterocycles. The zero-order valence-corrected chi connectivity index (χ0v) is 15.8. The van der Waals surface area contributed by atoms with Gasteiger partial charge in [-0.05, 0) is 37.3 Å². The number of hydrogen-bond donors (Lipinski definition) is 2. The van der Waals surface area contributed by atoms with E-state index in [4.69, 9.17) is 0 Å². The van der Waals surface area contributed by atoms with Crippen molar-refractivity contribution in [3.8, 4) is 0 Å². The summed E-state index contributed by atoms with van der Waals surface area (Å²) in [6.45, 7) is 5.09. The quantitative estimate of drug-likeness (QED) is 0.775. The standard InChI is InChI=1S/C19H28N2O3.ClH/c1-14(2)12-16(15-8-4-3-5-9-15)20-18(22)13-21-11-7-6-10-17(21)19(23)24;/h3-5,8-9,14,16-17H,6-7,10-13H2,1-2H3,(H,20,22)(H,23,24);1H. The fourth-order valence-corrected chi connectivity index (χ4v) is 3.32. The zero-order chi connectivity index (χ0) is 17.5. The summed E-state index contributed by atoms with van der Waals surface area (Å²) in [6, 6.07) is 9.38. The molecule has 6 heteroatoms. The van der Waals surface area contributed by atoms with Gasteiger partial charge in [-0.1, -0.05) is 50.6 Å². The Balaban J connectivity index is 0.00000312. The summed E-state index contributed by atoms with van der Waals surface area (Å²) >= 11 is 0. The van der Waals surface area contributed by atoms with Crippen molar-refractivity contribution in [3.63, 3.8) is 0 Å². The molecule has 5 nitrogen and oxygen atoms in total. The molecule has 1 aromatic rings. The molecule has 0 bridgehead atoms. The molecule has 2 rings (SSSR count). The number of benzene rings is 1. The van der Waals surface area contributed by atoms with E-state index in [0.29, 0.717) is 18.9 Å². The minimum absolute atomic E-state index is 0. The molecule has 0 saturated carbocycles. The van der Waals surface area contributed by atoms with E-state index in [1.54, 1.807) is 4.90 Å². The van der Waals surface area contributed by atoms with E-state index in [1.165, 1.54) is 0 Å². The van der Waals surface area contributed by atoms with Gasteiger partial charge in [0.2, 0.25) is 5.91 Å². The highest BCUT2D eigenvalue weighted by Crippen LogP contribution is 2.22. The van der Waals surface area contributed by atoms with E-state index in [2.05, 4.69) is 19.2 Å². The number of piperidine rings is 1. The number of amides is 1. The van der Waals surface area contributed by atoms with Crippen molar-refractivity contribution in [1.29, 1.82) is 0 Å². The second-order valence-electron chi connectivity index (χ2n) is 6.98.